The lowest BCUT2D eigenvalue weighted by molar-refractivity contribution is -0.136. The number of benzene rings is 1. The number of carboxylic acids is 1. The number of nitrogens with zero attached hydrogens (tertiary/aromatic N) is 1. The number of carboxylic acid groups (broad SMARTS) is 1. The van der Waals surface area contributed by atoms with Crippen LogP contribution in [0.1, 0.15) is 17.7 Å². The molecule has 0 unspecified atom stereocenters. The molecule has 2 aromatic rings. The number of aromatic nitrogens is 2. The number of H-pyrrole nitrogens is 1. The van der Waals surface area contributed by atoms with E-state index in [1.165, 1.54) is 0 Å². The topological polar surface area (TPSA) is 75.1 Å². The number of hydrogen-bond acceptors (Lipinski definition) is 2. The first-order valence-corrected chi connectivity index (χ1v) is 5.66. The summed E-state index contributed by atoms with van der Waals surface area (Å²) in [7, 11) is 0. The van der Waals surface area contributed by atoms with Crippen LogP contribution in [0.15, 0.2) is 35.3 Å². The zero-order valence-electron chi connectivity index (χ0n) is 10.0. The Hall–Kier alpha value is -2.30. The van der Waals surface area contributed by atoms with Crippen molar-refractivity contribution in [3.05, 3.63) is 52.2 Å². The number of rotatable bonds is 4. The van der Waals surface area contributed by atoms with Crippen molar-refractivity contribution in [3.63, 3.8) is 0 Å². The highest BCUT2D eigenvalue weighted by Gasteiger charge is 2.06. The lowest BCUT2D eigenvalue weighted by Gasteiger charge is -2.06. The molecule has 0 fully saturated rings. The van der Waals surface area contributed by atoms with Crippen LogP contribution in [0.2, 0.25) is 0 Å². The smallest absolute Gasteiger partial charge is 0.330 e. The fourth-order valence-corrected chi connectivity index (χ4v) is 1.88. The highest BCUT2D eigenvalue weighted by Crippen LogP contribution is 2.12. The average molecular weight is 246 g/mol. The first-order valence-electron chi connectivity index (χ1n) is 5.66. The molecule has 0 spiro atoms. The van der Waals surface area contributed by atoms with Crippen molar-refractivity contribution < 1.29 is 9.90 Å². The molecule has 5 heteroatoms. The van der Waals surface area contributed by atoms with E-state index in [1.54, 1.807) is 10.8 Å². The second kappa shape index (κ2) is 4.91. The molecule has 0 aliphatic carbocycles. The quantitative estimate of drug-likeness (QED) is 0.858. The largest absolute Gasteiger partial charge is 0.481 e. The Bertz CT molecular complexity index is 625. The van der Waals surface area contributed by atoms with E-state index in [1.807, 2.05) is 31.2 Å². The van der Waals surface area contributed by atoms with Crippen LogP contribution >= 0.6 is 0 Å². The highest BCUT2D eigenvalue weighted by molar-refractivity contribution is 5.67. The molecule has 0 amide bonds. The van der Waals surface area contributed by atoms with Gasteiger partial charge in [-0.1, -0.05) is 12.1 Å². The van der Waals surface area contributed by atoms with Crippen LogP contribution in [0.25, 0.3) is 5.69 Å². The number of carbonyl (C=O) groups is 1. The number of aryl methyl sites for hydroxylation is 2. The highest BCUT2D eigenvalue weighted by atomic mass is 16.4. The lowest BCUT2D eigenvalue weighted by Crippen LogP contribution is -2.16. The molecule has 0 aliphatic rings. The standard InChI is InChI=1S/C13H14N2O3/c1-9-8-14-13(18)15(9)11-4-2-3-10(7-11)5-6-12(16)17/h2-4,7-8H,5-6H2,1H3,(H,14,18)(H,16,17). The molecule has 1 aromatic carbocycles. The van der Waals surface area contributed by atoms with Gasteiger partial charge in [0.15, 0.2) is 0 Å². The molecule has 2 rings (SSSR count). The average Bonchev–Trinajstić information content (AvgIpc) is 2.67. The molecular formula is C13H14N2O3. The van der Waals surface area contributed by atoms with E-state index in [4.69, 9.17) is 5.11 Å². The zero-order chi connectivity index (χ0) is 13.1. The molecule has 0 saturated carbocycles. The minimum Gasteiger partial charge on any atom is -0.481 e. The van der Waals surface area contributed by atoms with Crippen molar-refractivity contribution in [2.24, 2.45) is 0 Å². The molecule has 18 heavy (non-hydrogen) atoms. The van der Waals surface area contributed by atoms with Crippen LogP contribution in [0, 0.1) is 6.92 Å². The fourth-order valence-electron chi connectivity index (χ4n) is 1.88. The van der Waals surface area contributed by atoms with Crippen LogP contribution in [-0.4, -0.2) is 20.6 Å². The molecular weight excluding hydrogens is 232 g/mol. The molecule has 94 valence electrons. The van der Waals surface area contributed by atoms with Crippen molar-refractivity contribution in [2.75, 3.05) is 0 Å². The van der Waals surface area contributed by atoms with Crippen molar-refractivity contribution in [1.29, 1.82) is 0 Å². The monoisotopic (exact) mass is 246 g/mol. The Morgan fingerprint density at radius 3 is 2.83 bits per heavy atom. The maximum atomic E-state index is 11.6. The summed E-state index contributed by atoms with van der Waals surface area (Å²) in [6.07, 6.45) is 2.19. The lowest BCUT2D eigenvalue weighted by atomic mass is 10.1. The normalized spacial score (nSPS) is 10.5. The van der Waals surface area contributed by atoms with E-state index in [2.05, 4.69) is 4.98 Å². The van der Waals surface area contributed by atoms with E-state index >= 15 is 0 Å². The van der Waals surface area contributed by atoms with E-state index in [-0.39, 0.29) is 12.1 Å². The summed E-state index contributed by atoms with van der Waals surface area (Å²) >= 11 is 0. The molecule has 0 bridgehead atoms. The Labute approximate surface area is 104 Å². The number of hydrogen-bond donors (Lipinski definition) is 2. The summed E-state index contributed by atoms with van der Waals surface area (Å²) in [4.78, 5) is 24.8. The van der Waals surface area contributed by atoms with Gasteiger partial charge in [-0.25, -0.2) is 4.79 Å². The molecule has 0 saturated heterocycles. The summed E-state index contributed by atoms with van der Waals surface area (Å²) < 4.78 is 1.56. The first kappa shape index (κ1) is 12.2. The van der Waals surface area contributed by atoms with Crippen molar-refractivity contribution in [3.8, 4) is 5.69 Å². The Morgan fingerprint density at radius 1 is 1.44 bits per heavy atom. The van der Waals surface area contributed by atoms with Gasteiger partial charge < -0.3 is 10.1 Å². The van der Waals surface area contributed by atoms with Gasteiger partial charge >= 0.3 is 11.7 Å². The predicted molar refractivity (Wildman–Crippen MR) is 67.1 cm³/mol. The summed E-state index contributed by atoms with van der Waals surface area (Å²) in [5.41, 5.74) is 2.28. The second-order valence-electron chi connectivity index (χ2n) is 4.13. The van der Waals surface area contributed by atoms with E-state index < -0.39 is 5.97 Å². The Kier molecular flexibility index (Phi) is 3.32. The molecule has 0 atom stereocenters. The maximum Gasteiger partial charge on any atom is 0.330 e. The van der Waals surface area contributed by atoms with Crippen molar-refractivity contribution in [1.82, 2.24) is 9.55 Å². The van der Waals surface area contributed by atoms with Gasteiger partial charge in [-0.05, 0) is 31.0 Å². The first-order chi connectivity index (χ1) is 8.58. The molecule has 0 aliphatic heterocycles. The fraction of sp³-hybridized carbons (Fsp3) is 0.231. The minimum absolute atomic E-state index is 0.0878. The number of aromatic amines is 1. The zero-order valence-corrected chi connectivity index (χ0v) is 10.0. The second-order valence-corrected chi connectivity index (χ2v) is 4.13. The van der Waals surface area contributed by atoms with E-state index in [0.29, 0.717) is 6.42 Å². The summed E-state index contributed by atoms with van der Waals surface area (Å²) in [5.74, 6) is -0.824. The third-order valence-electron chi connectivity index (χ3n) is 2.76. The Morgan fingerprint density at radius 2 is 2.22 bits per heavy atom. The van der Waals surface area contributed by atoms with Gasteiger partial charge in [0.2, 0.25) is 0 Å². The van der Waals surface area contributed by atoms with E-state index in [0.717, 1.165) is 16.9 Å². The van der Waals surface area contributed by atoms with Gasteiger partial charge in [0, 0.05) is 18.3 Å². The van der Waals surface area contributed by atoms with Gasteiger partial charge in [0.1, 0.15) is 0 Å². The third-order valence-corrected chi connectivity index (χ3v) is 2.76. The van der Waals surface area contributed by atoms with Gasteiger partial charge in [0.25, 0.3) is 0 Å². The SMILES string of the molecule is Cc1c[nH]c(=O)n1-c1cccc(CCC(=O)O)c1. The van der Waals surface area contributed by atoms with Crippen LogP contribution in [0.3, 0.4) is 0 Å². The van der Waals surface area contributed by atoms with Crippen LogP contribution in [0.5, 0.6) is 0 Å². The summed E-state index contributed by atoms with van der Waals surface area (Å²) in [6.45, 7) is 1.84. The van der Waals surface area contributed by atoms with Gasteiger partial charge in [0.05, 0.1) is 5.69 Å². The summed E-state index contributed by atoms with van der Waals surface area (Å²) in [6, 6.07) is 7.35. The molecule has 5 nitrogen and oxygen atoms in total. The molecule has 1 aromatic heterocycles. The van der Waals surface area contributed by atoms with Gasteiger partial charge in [-0.15, -0.1) is 0 Å². The predicted octanol–water partition coefficient (Wildman–Crippen LogP) is 1.49. The van der Waals surface area contributed by atoms with Crippen LogP contribution < -0.4 is 5.69 Å². The Balaban J connectivity index is 2.33. The molecule has 1 heterocycles. The minimum atomic E-state index is -0.824. The van der Waals surface area contributed by atoms with Gasteiger partial charge in [-0.3, -0.25) is 9.36 Å². The van der Waals surface area contributed by atoms with E-state index in [9.17, 15) is 9.59 Å². The van der Waals surface area contributed by atoms with Crippen LogP contribution in [0.4, 0.5) is 0 Å². The molecule has 0 radical (unpaired) electrons. The molecule has 2 N–H and O–H groups in total. The van der Waals surface area contributed by atoms with Gasteiger partial charge in [-0.2, -0.15) is 0 Å². The number of aliphatic carboxylic acids is 1. The third kappa shape index (κ3) is 2.51. The number of imidazole rings is 1. The van der Waals surface area contributed by atoms with Crippen LogP contribution in [-0.2, 0) is 11.2 Å². The maximum absolute atomic E-state index is 11.6. The number of nitrogens with one attached hydrogen (secondary N) is 1. The summed E-state index contributed by atoms with van der Waals surface area (Å²) in [5, 5.41) is 8.66. The van der Waals surface area contributed by atoms with Crippen molar-refractivity contribution >= 4 is 5.97 Å². The van der Waals surface area contributed by atoms with Crippen molar-refractivity contribution in [2.45, 2.75) is 19.8 Å².